The van der Waals surface area contributed by atoms with Crippen LogP contribution in [-0.2, 0) is 4.79 Å². The fourth-order valence-electron chi connectivity index (χ4n) is 1.19. The number of hydrogen-bond acceptors (Lipinski definition) is 2. The summed E-state index contributed by atoms with van der Waals surface area (Å²) in [6.45, 7) is 2.30. The number of likely N-dealkylation sites (tertiary alicyclic amines) is 1. The highest BCUT2D eigenvalue weighted by molar-refractivity contribution is 5.91. The van der Waals surface area contributed by atoms with E-state index < -0.39 is 6.09 Å². The van der Waals surface area contributed by atoms with E-state index in [1.54, 1.807) is 0 Å². The summed E-state index contributed by atoms with van der Waals surface area (Å²) in [6, 6.07) is 0. The number of carboxylic acid groups (broad SMARTS) is 1. The fourth-order valence-corrected chi connectivity index (χ4v) is 1.19. The summed E-state index contributed by atoms with van der Waals surface area (Å²) in [5, 5.41) is 8.53. The van der Waals surface area contributed by atoms with Crippen molar-refractivity contribution in [2.75, 3.05) is 6.54 Å². The molecular formula is C7H11NO3. The van der Waals surface area contributed by atoms with Gasteiger partial charge in [-0.2, -0.15) is 0 Å². The van der Waals surface area contributed by atoms with Gasteiger partial charge < -0.3 is 5.11 Å². The van der Waals surface area contributed by atoms with Crippen LogP contribution >= 0.6 is 0 Å². The normalized spacial score (nSPS) is 25.4. The number of carbonyl (C=O) groups excluding carboxylic acids is 1. The molecule has 1 saturated heterocycles. The van der Waals surface area contributed by atoms with Crippen LogP contribution in [0.3, 0.4) is 0 Å². The van der Waals surface area contributed by atoms with Crippen molar-refractivity contribution in [2.45, 2.75) is 19.8 Å². The van der Waals surface area contributed by atoms with Crippen molar-refractivity contribution in [3.05, 3.63) is 0 Å². The van der Waals surface area contributed by atoms with Crippen molar-refractivity contribution in [3.63, 3.8) is 0 Å². The van der Waals surface area contributed by atoms with Gasteiger partial charge in [0.2, 0.25) is 5.91 Å². The molecular weight excluding hydrogens is 146 g/mol. The maximum absolute atomic E-state index is 10.9. The van der Waals surface area contributed by atoms with Crippen molar-refractivity contribution in [3.8, 4) is 0 Å². The molecule has 1 aliphatic heterocycles. The smallest absolute Gasteiger partial charge is 0.414 e. The lowest BCUT2D eigenvalue weighted by molar-refractivity contribution is -0.132. The minimum absolute atomic E-state index is 0.268. The van der Waals surface area contributed by atoms with Gasteiger partial charge in [-0.15, -0.1) is 0 Å². The Morgan fingerprint density at radius 1 is 1.73 bits per heavy atom. The highest BCUT2D eigenvalue weighted by atomic mass is 16.4. The van der Waals surface area contributed by atoms with Crippen LogP contribution in [0.2, 0.25) is 0 Å². The lowest BCUT2D eigenvalue weighted by Crippen LogP contribution is -2.42. The van der Waals surface area contributed by atoms with E-state index in [1.807, 2.05) is 6.92 Å². The summed E-state index contributed by atoms with van der Waals surface area (Å²) in [4.78, 5) is 22.2. The second-order valence-corrected chi connectivity index (χ2v) is 2.93. The van der Waals surface area contributed by atoms with Crippen LogP contribution in [0.25, 0.3) is 0 Å². The largest absolute Gasteiger partial charge is 0.465 e. The van der Waals surface area contributed by atoms with Gasteiger partial charge in [0, 0.05) is 13.0 Å². The van der Waals surface area contributed by atoms with E-state index >= 15 is 0 Å². The van der Waals surface area contributed by atoms with E-state index in [0.29, 0.717) is 18.9 Å². The fraction of sp³-hybridized carbons (Fsp3) is 0.714. The first-order chi connectivity index (χ1) is 5.11. The van der Waals surface area contributed by atoms with Crippen LogP contribution in [-0.4, -0.2) is 28.6 Å². The summed E-state index contributed by atoms with van der Waals surface area (Å²) < 4.78 is 0. The molecule has 0 aromatic rings. The molecule has 2 amide bonds. The number of piperidine rings is 1. The third-order valence-corrected chi connectivity index (χ3v) is 1.88. The van der Waals surface area contributed by atoms with Gasteiger partial charge in [0.15, 0.2) is 0 Å². The highest BCUT2D eigenvalue weighted by Crippen LogP contribution is 2.16. The maximum Gasteiger partial charge on any atom is 0.414 e. The molecule has 0 spiro atoms. The van der Waals surface area contributed by atoms with E-state index in [2.05, 4.69) is 0 Å². The number of amides is 2. The predicted molar refractivity (Wildman–Crippen MR) is 38.1 cm³/mol. The third-order valence-electron chi connectivity index (χ3n) is 1.88. The van der Waals surface area contributed by atoms with Gasteiger partial charge in [-0.1, -0.05) is 6.92 Å². The van der Waals surface area contributed by atoms with Gasteiger partial charge in [0.05, 0.1) is 0 Å². The summed E-state index contributed by atoms with van der Waals surface area (Å²) in [5.74, 6) is 0.0411. The monoisotopic (exact) mass is 157 g/mol. The molecule has 0 aliphatic carbocycles. The summed E-state index contributed by atoms with van der Waals surface area (Å²) in [7, 11) is 0. The van der Waals surface area contributed by atoms with Gasteiger partial charge in [0.25, 0.3) is 0 Å². The van der Waals surface area contributed by atoms with Crippen molar-refractivity contribution >= 4 is 12.0 Å². The second kappa shape index (κ2) is 2.90. The number of rotatable bonds is 0. The predicted octanol–water partition coefficient (Wildman–Crippen LogP) is 0.923. The summed E-state index contributed by atoms with van der Waals surface area (Å²) in [6.07, 6.45) is 0.0531. The van der Waals surface area contributed by atoms with Gasteiger partial charge >= 0.3 is 6.09 Å². The lowest BCUT2D eigenvalue weighted by atomic mass is 10.0. The zero-order valence-electron chi connectivity index (χ0n) is 6.41. The average Bonchev–Trinajstić information content (AvgIpc) is 1.94. The Balaban J connectivity index is 2.61. The highest BCUT2D eigenvalue weighted by Gasteiger charge is 2.27. The molecule has 1 rings (SSSR count). The molecule has 11 heavy (non-hydrogen) atoms. The molecule has 0 aromatic heterocycles. The molecule has 4 nitrogen and oxygen atoms in total. The molecule has 1 N–H and O–H groups in total. The molecule has 1 heterocycles. The number of carbonyl (C=O) groups is 2. The van der Waals surface area contributed by atoms with Gasteiger partial charge in [-0.05, 0) is 12.3 Å². The zero-order valence-corrected chi connectivity index (χ0v) is 6.41. The minimum Gasteiger partial charge on any atom is -0.465 e. The molecule has 4 heteroatoms. The Labute approximate surface area is 64.8 Å². The Kier molecular flexibility index (Phi) is 2.12. The zero-order chi connectivity index (χ0) is 8.43. The quantitative estimate of drug-likeness (QED) is 0.568. The second-order valence-electron chi connectivity index (χ2n) is 2.93. The SMILES string of the molecule is CC1CCC(=O)N(C(=O)O)C1. The number of nitrogens with zero attached hydrogens (tertiary/aromatic N) is 1. The molecule has 1 fully saturated rings. The standard InChI is InChI=1S/C7H11NO3/c1-5-2-3-6(9)8(4-5)7(10)11/h5H,2-4H2,1H3,(H,10,11). The van der Waals surface area contributed by atoms with Crippen LogP contribution in [0.4, 0.5) is 4.79 Å². The Bertz CT molecular complexity index is 190. The molecule has 1 aliphatic rings. The summed E-state index contributed by atoms with van der Waals surface area (Å²) >= 11 is 0. The molecule has 0 radical (unpaired) electrons. The molecule has 62 valence electrons. The van der Waals surface area contributed by atoms with Crippen molar-refractivity contribution in [1.82, 2.24) is 4.90 Å². The average molecular weight is 157 g/mol. The first kappa shape index (κ1) is 8.04. The maximum atomic E-state index is 10.9. The van der Waals surface area contributed by atoms with Crippen LogP contribution in [0.15, 0.2) is 0 Å². The Morgan fingerprint density at radius 3 is 2.82 bits per heavy atom. The van der Waals surface area contributed by atoms with Crippen LogP contribution in [0.1, 0.15) is 19.8 Å². The lowest BCUT2D eigenvalue weighted by Gasteiger charge is -2.26. The van der Waals surface area contributed by atoms with E-state index in [1.165, 1.54) is 0 Å². The van der Waals surface area contributed by atoms with Crippen LogP contribution in [0, 0.1) is 5.92 Å². The van der Waals surface area contributed by atoms with E-state index in [9.17, 15) is 9.59 Å². The number of imide groups is 1. The van der Waals surface area contributed by atoms with Gasteiger partial charge in [-0.3, -0.25) is 4.79 Å². The van der Waals surface area contributed by atoms with Gasteiger partial charge in [0.1, 0.15) is 0 Å². The minimum atomic E-state index is -1.12. The Hall–Kier alpha value is -1.06. The van der Waals surface area contributed by atoms with Crippen molar-refractivity contribution in [2.24, 2.45) is 5.92 Å². The van der Waals surface area contributed by atoms with Crippen LogP contribution in [0.5, 0.6) is 0 Å². The first-order valence-corrected chi connectivity index (χ1v) is 3.64. The van der Waals surface area contributed by atoms with E-state index in [0.717, 1.165) is 11.3 Å². The summed E-state index contributed by atoms with van der Waals surface area (Å²) in [5.41, 5.74) is 0. The molecule has 1 unspecified atom stereocenters. The topological polar surface area (TPSA) is 57.6 Å². The van der Waals surface area contributed by atoms with Crippen LogP contribution < -0.4 is 0 Å². The van der Waals surface area contributed by atoms with Crippen molar-refractivity contribution < 1.29 is 14.7 Å². The van der Waals surface area contributed by atoms with Crippen molar-refractivity contribution in [1.29, 1.82) is 0 Å². The van der Waals surface area contributed by atoms with E-state index in [4.69, 9.17) is 5.11 Å². The molecule has 0 aromatic carbocycles. The van der Waals surface area contributed by atoms with Gasteiger partial charge in [-0.25, -0.2) is 9.69 Å². The van der Waals surface area contributed by atoms with E-state index in [-0.39, 0.29) is 5.91 Å². The number of hydrogen-bond donors (Lipinski definition) is 1. The molecule has 0 saturated carbocycles. The molecule has 0 bridgehead atoms. The molecule has 1 atom stereocenters. The third kappa shape index (κ3) is 1.69. The first-order valence-electron chi connectivity index (χ1n) is 3.64. The Morgan fingerprint density at radius 2 is 2.36 bits per heavy atom.